The summed E-state index contributed by atoms with van der Waals surface area (Å²) in [6.45, 7) is 1.37. The Balaban J connectivity index is 1.99. The molecule has 1 aromatic heterocycles. The minimum Gasteiger partial charge on any atom is -0.349 e. The summed E-state index contributed by atoms with van der Waals surface area (Å²) in [5, 5.41) is 10.9. The number of likely N-dealkylation sites (N-methyl/N-ethyl adjacent to an activating group) is 1. The van der Waals surface area contributed by atoms with Crippen molar-refractivity contribution in [2.24, 2.45) is 0 Å². The second-order valence-corrected chi connectivity index (χ2v) is 5.23. The number of aromatic nitrogens is 2. The van der Waals surface area contributed by atoms with Gasteiger partial charge in [0.15, 0.2) is 11.5 Å². The first kappa shape index (κ1) is 15.9. The lowest BCUT2D eigenvalue weighted by Gasteiger charge is -2.17. The van der Waals surface area contributed by atoms with E-state index < -0.39 is 0 Å². The van der Waals surface area contributed by atoms with Crippen LogP contribution in [0.25, 0.3) is 0 Å². The van der Waals surface area contributed by atoms with Crippen LogP contribution in [0.5, 0.6) is 0 Å². The quantitative estimate of drug-likeness (QED) is 0.876. The number of hydrogen-bond donors (Lipinski definition) is 1. The Morgan fingerprint density at radius 2 is 1.77 bits per heavy atom. The Kier molecular flexibility index (Phi) is 5.43. The highest BCUT2D eigenvalue weighted by atomic mass is 16.1. The van der Waals surface area contributed by atoms with E-state index >= 15 is 0 Å². The summed E-state index contributed by atoms with van der Waals surface area (Å²) in [5.41, 5.74) is 1.34. The molecule has 1 amide bonds. The maximum absolute atomic E-state index is 11.9. The Hall–Kier alpha value is -2.47. The van der Waals surface area contributed by atoms with Gasteiger partial charge in [0.1, 0.15) is 0 Å². The number of para-hydroxylation sites is 1. The summed E-state index contributed by atoms with van der Waals surface area (Å²) >= 11 is 0. The van der Waals surface area contributed by atoms with Gasteiger partial charge < -0.3 is 15.1 Å². The van der Waals surface area contributed by atoms with Gasteiger partial charge in [0.25, 0.3) is 5.91 Å². The molecule has 6 nitrogen and oxygen atoms in total. The molecule has 0 aliphatic carbocycles. The lowest BCUT2D eigenvalue weighted by Crippen LogP contribution is -2.32. The van der Waals surface area contributed by atoms with Gasteiger partial charge in [-0.2, -0.15) is 0 Å². The van der Waals surface area contributed by atoms with Gasteiger partial charge in [-0.3, -0.25) is 4.79 Å². The predicted octanol–water partition coefficient (Wildman–Crippen LogP) is 1.54. The fourth-order valence-electron chi connectivity index (χ4n) is 1.89. The SMILES string of the molecule is CN(C)CCNC(=O)c1ccc(N(C)c2ccccc2)nn1. The molecular formula is C16H21N5O. The number of rotatable bonds is 6. The van der Waals surface area contributed by atoms with E-state index in [0.717, 1.165) is 12.2 Å². The van der Waals surface area contributed by atoms with Gasteiger partial charge in [-0.15, -0.1) is 10.2 Å². The van der Waals surface area contributed by atoms with Gasteiger partial charge in [0.05, 0.1) is 0 Å². The minimum atomic E-state index is -0.205. The molecule has 116 valence electrons. The van der Waals surface area contributed by atoms with E-state index in [9.17, 15) is 4.79 Å². The molecule has 22 heavy (non-hydrogen) atoms. The lowest BCUT2D eigenvalue weighted by atomic mass is 10.3. The molecule has 0 saturated carbocycles. The summed E-state index contributed by atoms with van der Waals surface area (Å²) < 4.78 is 0. The van der Waals surface area contributed by atoms with E-state index in [4.69, 9.17) is 0 Å². The zero-order valence-corrected chi connectivity index (χ0v) is 13.2. The van der Waals surface area contributed by atoms with Crippen LogP contribution in [0.4, 0.5) is 11.5 Å². The Bertz CT molecular complexity index is 598. The zero-order chi connectivity index (χ0) is 15.9. The fourth-order valence-corrected chi connectivity index (χ4v) is 1.89. The number of amides is 1. The number of carbonyl (C=O) groups excluding carboxylic acids is 1. The molecule has 2 rings (SSSR count). The van der Waals surface area contributed by atoms with Crippen molar-refractivity contribution in [3.05, 3.63) is 48.2 Å². The number of nitrogens with one attached hydrogen (secondary N) is 1. The molecule has 1 N–H and O–H groups in total. The number of hydrogen-bond acceptors (Lipinski definition) is 5. The van der Waals surface area contributed by atoms with Crippen LogP contribution < -0.4 is 10.2 Å². The summed E-state index contributed by atoms with van der Waals surface area (Å²) in [4.78, 5) is 15.9. The Morgan fingerprint density at radius 3 is 2.36 bits per heavy atom. The standard InChI is InChI=1S/C16H21N5O/c1-20(2)12-11-17-16(22)14-9-10-15(19-18-14)21(3)13-7-5-4-6-8-13/h4-10H,11-12H2,1-3H3,(H,17,22). The van der Waals surface area contributed by atoms with Crippen molar-refractivity contribution in [1.29, 1.82) is 0 Å². The van der Waals surface area contributed by atoms with Crippen molar-refractivity contribution >= 4 is 17.4 Å². The van der Waals surface area contributed by atoms with E-state index in [2.05, 4.69) is 15.5 Å². The van der Waals surface area contributed by atoms with E-state index in [1.807, 2.05) is 61.3 Å². The summed E-state index contributed by atoms with van der Waals surface area (Å²) in [6.07, 6.45) is 0. The highest BCUT2D eigenvalue weighted by molar-refractivity contribution is 5.92. The maximum Gasteiger partial charge on any atom is 0.271 e. The van der Waals surface area contributed by atoms with Crippen LogP contribution in [-0.2, 0) is 0 Å². The van der Waals surface area contributed by atoms with E-state index in [-0.39, 0.29) is 5.91 Å². The molecular weight excluding hydrogens is 278 g/mol. The maximum atomic E-state index is 11.9. The molecule has 0 bridgehead atoms. The monoisotopic (exact) mass is 299 g/mol. The molecule has 0 saturated heterocycles. The number of carbonyl (C=O) groups is 1. The highest BCUT2D eigenvalue weighted by Crippen LogP contribution is 2.19. The van der Waals surface area contributed by atoms with Crippen LogP contribution >= 0.6 is 0 Å². The van der Waals surface area contributed by atoms with Gasteiger partial charge in [-0.25, -0.2) is 0 Å². The molecule has 0 radical (unpaired) electrons. The number of benzene rings is 1. The van der Waals surface area contributed by atoms with Crippen LogP contribution in [0.3, 0.4) is 0 Å². The fraction of sp³-hybridized carbons (Fsp3) is 0.312. The molecule has 1 heterocycles. The largest absolute Gasteiger partial charge is 0.349 e. The zero-order valence-electron chi connectivity index (χ0n) is 13.2. The van der Waals surface area contributed by atoms with Gasteiger partial charge >= 0.3 is 0 Å². The van der Waals surface area contributed by atoms with Crippen molar-refractivity contribution in [2.45, 2.75) is 0 Å². The van der Waals surface area contributed by atoms with E-state index in [1.165, 1.54) is 0 Å². The molecule has 0 atom stereocenters. The van der Waals surface area contributed by atoms with Crippen LogP contribution in [0.1, 0.15) is 10.5 Å². The normalized spacial score (nSPS) is 10.5. The number of anilines is 2. The van der Waals surface area contributed by atoms with E-state index in [1.54, 1.807) is 12.1 Å². The molecule has 0 unspecified atom stereocenters. The third-order valence-corrected chi connectivity index (χ3v) is 3.21. The second-order valence-electron chi connectivity index (χ2n) is 5.23. The topological polar surface area (TPSA) is 61.4 Å². The predicted molar refractivity (Wildman–Crippen MR) is 87.4 cm³/mol. The van der Waals surface area contributed by atoms with Crippen LogP contribution in [0.15, 0.2) is 42.5 Å². The van der Waals surface area contributed by atoms with Crippen molar-refractivity contribution in [3.63, 3.8) is 0 Å². The first-order chi connectivity index (χ1) is 10.6. The summed E-state index contributed by atoms with van der Waals surface area (Å²) in [7, 11) is 5.83. The average Bonchev–Trinajstić information content (AvgIpc) is 2.54. The summed E-state index contributed by atoms with van der Waals surface area (Å²) in [6, 6.07) is 13.3. The molecule has 2 aromatic rings. The van der Waals surface area contributed by atoms with Crippen molar-refractivity contribution < 1.29 is 4.79 Å². The van der Waals surface area contributed by atoms with Crippen LogP contribution in [-0.4, -0.2) is 55.2 Å². The lowest BCUT2D eigenvalue weighted by molar-refractivity contribution is 0.0945. The van der Waals surface area contributed by atoms with Crippen molar-refractivity contribution in [2.75, 3.05) is 39.1 Å². The van der Waals surface area contributed by atoms with Crippen molar-refractivity contribution in [3.8, 4) is 0 Å². The first-order valence-electron chi connectivity index (χ1n) is 7.13. The van der Waals surface area contributed by atoms with E-state index in [0.29, 0.717) is 18.1 Å². The molecule has 0 aliphatic heterocycles. The Morgan fingerprint density at radius 1 is 1.05 bits per heavy atom. The first-order valence-corrected chi connectivity index (χ1v) is 7.13. The summed E-state index contributed by atoms with van der Waals surface area (Å²) in [5.74, 6) is 0.485. The smallest absolute Gasteiger partial charge is 0.271 e. The molecule has 0 spiro atoms. The molecule has 0 fully saturated rings. The highest BCUT2D eigenvalue weighted by Gasteiger charge is 2.10. The minimum absolute atomic E-state index is 0.205. The Labute approximate surface area is 130 Å². The molecule has 1 aromatic carbocycles. The second kappa shape index (κ2) is 7.51. The van der Waals surface area contributed by atoms with Gasteiger partial charge in [-0.05, 0) is 38.4 Å². The molecule has 6 heteroatoms. The average molecular weight is 299 g/mol. The molecule has 0 aliphatic rings. The van der Waals surface area contributed by atoms with Crippen LogP contribution in [0.2, 0.25) is 0 Å². The third-order valence-electron chi connectivity index (χ3n) is 3.21. The van der Waals surface area contributed by atoms with Crippen molar-refractivity contribution in [1.82, 2.24) is 20.4 Å². The van der Waals surface area contributed by atoms with Gasteiger partial charge in [0.2, 0.25) is 0 Å². The van der Waals surface area contributed by atoms with Crippen LogP contribution in [0, 0.1) is 0 Å². The van der Waals surface area contributed by atoms with Gasteiger partial charge in [0, 0.05) is 25.8 Å². The number of nitrogens with zero attached hydrogens (tertiary/aromatic N) is 4. The third kappa shape index (κ3) is 4.26. The van der Waals surface area contributed by atoms with Gasteiger partial charge in [-0.1, -0.05) is 18.2 Å².